The first-order valence-electron chi connectivity index (χ1n) is 10.5. The molecule has 5 fully saturated rings. The van der Waals surface area contributed by atoms with Gasteiger partial charge < -0.3 is 15.2 Å². The molecule has 0 aromatic carbocycles. The molecule has 1 amide bonds. The van der Waals surface area contributed by atoms with E-state index >= 15 is 0 Å². The lowest BCUT2D eigenvalue weighted by Crippen LogP contribution is -2.59. The quantitative estimate of drug-likeness (QED) is 0.753. The molecule has 26 heavy (non-hydrogen) atoms. The fraction of sp³-hybridized carbons (Fsp3) is 0.905. The van der Waals surface area contributed by atoms with E-state index in [4.69, 9.17) is 4.74 Å². The largest absolute Gasteiger partial charge is 0.452 e. The van der Waals surface area contributed by atoms with E-state index in [2.05, 4.69) is 12.2 Å². The van der Waals surface area contributed by atoms with E-state index in [0.717, 1.165) is 51.4 Å². The standard InChI is InChI=1S/C21H33NO4/c1-13-5-3-4-6-17(13)22-18(23)14(2)26-19(24)20-8-15-7-16(9-20)11-21(25,10-15)12-20/h13-17,25H,3-12H2,1-2H3,(H,22,23)/t13-,14+,15-,16-,17-,20?,21?/m1/s1. The number of carbonyl (C=O) groups excluding carboxylic acids is 2. The summed E-state index contributed by atoms with van der Waals surface area (Å²) in [6, 6.07) is 0.192. The van der Waals surface area contributed by atoms with Gasteiger partial charge in [0, 0.05) is 6.04 Å². The van der Waals surface area contributed by atoms with E-state index < -0.39 is 17.1 Å². The third-order valence-corrected chi connectivity index (χ3v) is 7.56. The molecule has 0 radical (unpaired) electrons. The minimum Gasteiger partial charge on any atom is -0.452 e. The van der Waals surface area contributed by atoms with E-state index in [0.29, 0.717) is 24.2 Å². The van der Waals surface area contributed by atoms with Crippen molar-refractivity contribution in [3.05, 3.63) is 0 Å². The van der Waals surface area contributed by atoms with Crippen LogP contribution in [0.4, 0.5) is 0 Å². The molecule has 0 heterocycles. The van der Waals surface area contributed by atoms with Crippen LogP contribution in [0.3, 0.4) is 0 Å². The van der Waals surface area contributed by atoms with Crippen LogP contribution in [0.25, 0.3) is 0 Å². The molecule has 4 bridgehead atoms. The smallest absolute Gasteiger partial charge is 0.312 e. The molecule has 2 N–H and O–H groups in total. The second-order valence-electron chi connectivity index (χ2n) is 9.89. The third-order valence-electron chi connectivity index (χ3n) is 7.56. The molecule has 0 saturated heterocycles. The van der Waals surface area contributed by atoms with Gasteiger partial charge in [0.15, 0.2) is 6.10 Å². The highest BCUT2D eigenvalue weighted by molar-refractivity contribution is 5.85. The molecule has 0 aromatic rings. The number of hydrogen-bond donors (Lipinski definition) is 2. The molecule has 0 unspecified atom stereocenters. The number of hydrogen-bond acceptors (Lipinski definition) is 4. The van der Waals surface area contributed by atoms with Gasteiger partial charge in [-0.05, 0) is 76.0 Å². The summed E-state index contributed by atoms with van der Waals surface area (Å²) in [5.41, 5.74) is -1.25. The van der Waals surface area contributed by atoms with E-state index in [1.165, 1.54) is 6.42 Å². The Labute approximate surface area is 156 Å². The molecule has 5 saturated carbocycles. The Morgan fingerprint density at radius 2 is 1.77 bits per heavy atom. The van der Waals surface area contributed by atoms with Gasteiger partial charge in [0.05, 0.1) is 11.0 Å². The number of carbonyl (C=O) groups is 2. The molecule has 5 aliphatic carbocycles. The van der Waals surface area contributed by atoms with E-state index in [1.54, 1.807) is 6.92 Å². The van der Waals surface area contributed by atoms with Gasteiger partial charge in [-0.3, -0.25) is 9.59 Å². The average Bonchev–Trinajstić information content (AvgIpc) is 2.54. The van der Waals surface area contributed by atoms with Crippen LogP contribution in [-0.2, 0) is 14.3 Å². The molecule has 5 aliphatic rings. The van der Waals surface area contributed by atoms with Crippen molar-refractivity contribution in [2.24, 2.45) is 23.2 Å². The van der Waals surface area contributed by atoms with Gasteiger partial charge in [0.2, 0.25) is 0 Å². The summed E-state index contributed by atoms with van der Waals surface area (Å²) in [7, 11) is 0. The van der Waals surface area contributed by atoms with E-state index in [1.807, 2.05) is 0 Å². The summed E-state index contributed by atoms with van der Waals surface area (Å²) in [5.74, 6) is 0.903. The van der Waals surface area contributed by atoms with Crippen molar-refractivity contribution in [1.82, 2.24) is 5.32 Å². The van der Waals surface area contributed by atoms with Gasteiger partial charge in [-0.15, -0.1) is 0 Å². The van der Waals surface area contributed by atoms with Crippen molar-refractivity contribution in [2.75, 3.05) is 0 Å². The summed E-state index contributed by atoms with van der Waals surface area (Å²) >= 11 is 0. The summed E-state index contributed by atoms with van der Waals surface area (Å²) in [5, 5.41) is 13.9. The zero-order valence-corrected chi connectivity index (χ0v) is 16.1. The van der Waals surface area contributed by atoms with Crippen LogP contribution in [0.1, 0.15) is 78.1 Å². The van der Waals surface area contributed by atoms with Crippen molar-refractivity contribution in [3.63, 3.8) is 0 Å². The first-order valence-corrected chi connectivity index (χ1v) is 10.5. The lowest BCUT2D eigenvalue weighted by atomic mass is 9.48. The first kappa shape index (κ1) is 18.3. The van der Waals surface area contributed by atoms with E-state index in [-0.39, 0.29) is 17.9 Å². The molecule has 0 spiro atoms. The molecule has 5 nitrogen and oxygen atoms in total. The Morgan fingerprint density at radius 3 is 2.38 bits per heavy atom. The Bertz CT molecular complexity index is 575. The molecule has 0 aliphatic heterocycles. The number of amides is 1. The van der Waals surface area contributed by atoms with Crippen LogP contribution in [0, 0.1) is 23.2 Å². The highest BCUT2D eigenvalue weighted by Gasteiger charge is 2.61. The van der Waals surface area contributed by atoms with Crippen LogP contribution in [0.2, 0.25) is 0 Å². The molecule has 0 aromatic heterocycles. The maximum atomic E-state index is 13.0. The van der Waals surface area contributed by atoms with E-state index in [9.17, 15) is 14.7 Å². The maximum absolute atomic E-state index is 13.0. The van der Waals surface area contributed by atoms with Crippen LogP contribution in [0.5, 0.6) is 0 Å². The monoisotopic (exact) mass is 363 g/mol. The Kier molecular flexibility index (Phi) is 4.57. The summed E-state index contributed by atoms with van der Waals surface area (Å²) < 4.78 is 5.66. The van der Waals surface area contributed by atoms with Gasteiger partial charge in [-0.2, -0.15) is 0 Å². The molecule has 5 rings (SSSR count). The van der Waals surface area contributed by atoms with Gasteiger partial charge in [0.1, 0.15) is 0 Å². The Morgan fingerprint density at radius 1 is 1.12 bits per heavy atom. The first-order chi connectivity index (χ1) is 12.3. The number of rotatable bonds is 4. The zero-order chi connectivity index (χ0) is 18.5. The van der Waals surface area contributed by atoms with Crippen molar-refractivity contribution >= 4 is 11.9 Å². The highest BCUT2D eigenvalue weighted by Crippen LogP contribution is 2.62. The van der Waals surface area contributed by atoms with Gasteiger partial charge in [-0.1, -0.05) is 19.8 Å². The average molecular weight is 363 g/mol. The van der Waals surface area contributed by atoms with Gasteiger partial charge in [-0.25, -0.2) is 0 Å². The normalized spacial score (nSPS) is 45.2. The fourth-order valence-electron chi connectivity index (χ4n) is 6.62. The minimum atomic E-state index is -0.765. The van der Waals surface area contributed by atoms with Crippen molar-refractivity contribution in [2.45, 2.75) is 95.8 Å². The molecular weight excluding hydrogens is 330 g/mol. The zero-order valence-electron chi connectivity index (χ0n) is 16.1. The number of nitrogens with one attached hydrogen (secondary N) is 1. The fourth-order valence-corrected chi connectivity index (χ4v) is 6.62. The van der Waals surface area contributed by atoms with Crippen molar-refractivity contribution < 1.29 is 19.4 Å². The number of ether oxygens (including phenoxy) is 1. The number of aliphatic hydroxyl groups is 1. The second-order valence-corrected chi connectivity index (χ2v) is 9.89. The summed E-state index contributed by atoms with van der Waals surface area (Å²) in [6.07, 6.45) is 8.70. The summed E-state index contributed by atoms with van der Waals surface area (Å²) in [6.45, 7) is 3.85. The molecule has 146 valence electrons. The molecule has 5 atom stereocenters. The predicted octanol–water partition coefficient (Wildman–Crippen LogP) is 2.94. The number of esters is 1. The van der Waals surface area contributed by atoms with Crippen LogP contribution in [-0.4, -0.2) is 34.7 Å². The highest BCUT2D eigenvalue weighted by atomic mass is 16.5. The molecule has 5 heteroatoms. The van der Waals surface area contributed by atoms with Crippen LogP contribution in [0.15, 0.2) is 0 Å². The minimum absolute atomic E-state index is 0.180. The Hall–Kier alpha value is -1.10. The SMILES string of the molecule is C[C@H](OC(=O)C12C[C@H]3C[C@@H](CC(O)(C3)C1)C2)C(=O)N[C@@H]1CCCC[C@H]1C. The summed E-state index contributed by atoms with van der Waals surface area (Å²) in [4.78, 5) is 25.5. The third kappa shape index (κ3) is 3.28. The van der Waals surface area contributed by atoms with Crippen molar-refractivity contribution in [3.8, 4) is 0 Å². The van der Waals surface area contributed by atoms with Crippen molar-refractivity contribution in [1.29, 1.82) is 0 Å². The second kappa shape index (κ2) is 6.50. The molecular formula is C21H33NO4. The Balaban J connectivity index is 1.37. The predicted molar refractivity (Wildman–Crippen MR) is 97.2 cm³/mol. The maximum Gasteiger partial charge on any atom is 0.312 e. The lowest BCUT2D eigenvalue weighted by molar-refractivity contribution is -0.200. The van der Waals surface area contributed by atoms with Crippen LogP contribution < -0.4 is 5.32 Å². The lowest BCUT2D eigenvalue weighted by Gasteiger charge is -2.58. The van der Waals surface area contributed by atoms with Gasteiger partial charge >= 0.3 is 5.97 Å². The van der Waals surface area contributed by atoms with Crippen LogP contribution >= 0.6 is 0 Å². The topological polar surface area (TPSA) is 75.6 Å². The van der Waals surface area contributed by atoms with Gasteiger partial charge in [0.25, 0.3) is 5.91 Å².